The van der Waals surface area contributed by atoms with Gasteiger partial charge in [-0.05, 0) is 49.9 Å². The smallest absolute Gasteiger partial charge is 0.0201 e. The molecule has 0 bridgehead atoms. The number of rotatable bonds is 14. The fourth-order valence-corrected chi connectivity index (χ4v) is 3.82. The third-order valence-electron chi connectivity index (χ3n) is 5.86. The number of hydrogen-bond donors (Lipinski definition) is 0. The van der Waals surface area contributed by atoms with E-state index in [-0.39, 0.29) is 5.41 Å². The highest BCUT2D eigenvalue weighted by Gasteiger charge is 2.27. The van der Waals surface area contributed by atoms with Gasteiger partial charge in [0.05, 0.1) is 0 Å². The van der Waals surface area contributed by atoms with Crippen molar-refractivity contribution in [2.45, 2.75) is 91.4 Å². The van der Waals surface area contributed by atoms with Gasteiger partial charge in [0.2, 0.25) is 0 Å². The normalized spacial score (nSPS) is 17.7. The molecule has 0 aliphatic carbocycles. The second-order valence-electron chi connectivity index (χ2n) is 8.87. The number of unbranched alkanes of at least 4 members (excludes halogenated alkanes) is 7. The molecule has 0 aromatic rings. The molecule has 1 aliphatic heterocycles. The van der Waals surface area contributed by atoms with Crippen LogP contribution >= 0.6 is 0 Å². The van der Waals surface area contributed by atoms with Gasteiger partial charge in [0.1, 0.15) is 0 Å². The Morgan fingerprint density at radius 1 is 1.04 bits per heavy atom. The van der Waals surface area contributed by atoms with Crippen LogP contribution in [0.1, 0.15) is 91.4 Å². The highest BCUT2D eigenvalue weighted by molar-refractivity contribution is 5.13. The molecule has 1 nitrogen and oxygen atoms in total. The molecule has 1 fully saturated rings. The summed E-state index contributed by atoms with van der Waals surface area (Å²) in [7, 11) is 0. The summed E-state index contributed by atoms with van der Waals surface area (Å²) in [6.45, 7) is 22.0. The zero-order chi connectivity index (χ0) is 18.7. The highest BCUT2D eigenvalue weighted by atomic mass is 15.2. The molecule has 0 radical (unpaired) electrons. The maximum absolute atomic E-state index is 4.42. The van der Waals surface area contributed by atoms with Crippen LogP contribution in [-0.2, 0) is 0 Å². The summed E-state index contributed by atoms with van der Waals surface area (Å²) < 4.78 is 0. The van der Waals surface area contributed by atoms with Crippen molar-refractivity contribution in [1.29, 1.82) is 0 Å². The summed E-state index contributed by atoms with van der Waals surface area (Å²) in [5, 5.41) is 0. The van der Waals surface area contributed by atoms with Crippen LogP contribution in [0.5, 0.6) is 0 Å². The predicted octanol–water partition coefficient (Wildman–Crippen LogP) is 7.51. The van der Waals surface area contributed by atoms with E-state index in [1.165, 1.54) is 88.6 Å². The molecule has 144 valence electrons. The molecule has 1 unspecified atom stereocenters. The van der Waals surface area contributed by atoms with E-state index in [1.54, 1.807) is 0 Å². The van der Waals surface area contributed by atoms with Gasteiger partial charge in [-0.1, -0.05) is 77.7 Å². The van der Waals surface area contributed by atoms with Crippen molar-refractivity contribution in [3.05, 3.63) is 37.1 Å². The minimum absolute atomic E-state index is 0.174. The summed E-state index contributed by atoms with van der Waals surface area (Å²) >= 11 is 0. The third kappa shape index (κ3) is 8.79. The zero-order valence-corrected chi connectivity index (χ0v) is 17.4. The fourth-order valence-electron chi connectivity index (χ4n) is 3.82. The Hall–Kier alpha value is -0.980. The van der Waals surface area contributed by atoms with Gasteiger partial charge in [0.15, 0.2) is 0 Å². The molecule has 0 amide bonds. The standard InChI is InChI=1S/C24H43N/c1-7-8-9-10-11-12-13-14-15-16-22(3)24(5,6)19-23(4)25-18-17-21(2)20-25/h7,21H,1,3-4,8-20H2,2,5-6H3. The largest absolute Gasteiger partial charge is 0.375 e. The first-order valence-electron chi connectivity index (χ1n) is 10.6. The van der Waals surface area contributed by atoms with Crippen LogP contribution in [0.15, 0.2) is 37.1 Å². The number of hydrogen-bond acceptors (Lipinski definition) is 1. The average Bonchev–Trinajstić information content (AvgIpc) is 2.99. The lowest BCUT2D eigenvalue weighted by Crippen LogP contribution is -2.25. The molecular weight excluding hydrogens is 302 g/mol. The van der Waals surface area contributed by atoms with Gasteiger partial charge in [-0.25, -0.2) is 0 Å². The van der Waals surface area contributed by atoms with Gasteiger partial charge in [-0.3, -0.25) is 0 Å². The minimum Gasteiger partial charge on any atom is -0.375 e. The molecule has 1 heteroatoms. The molecule has 1 aliphatic rings. The first-order valence-corrected chi connectivity index (χ1v) is 10.6. The Morgan fingerprint density at radius 2 is 1.64 bits per heavy atom. The Kier molecular flexibility index (Phi) is 10.2. The number of likely N-dealkylation sites (tertiary alicyclic amines) is 1. The molecular formula is C24H43N. The molecule has 1 atom stereocenters. The first kappa shape index (κ1) is 22.1. The molecule has 1 heterocycles. The van der Waals surface area contributed by atoms with E-state index < -0.39 is 0 Å². The first-order chi connectivity index (χ1) is 11.9. The summed E-state index contributed by atoms with van der Waals surface area (Å²) in [6, 6.07) is 0. The molecule has 1 saturated heterocycles. The maximum Gasteiger partial charge on any atom is 0.0201 e. The summed E-state index contributed by atoms with van der Waals surface area (Å²) in [6.07, 6.45) is 16.2. The SMILES string of the molecule is C=CCCCCCCCCCC(=C)C(C)(C)CC(=C)N1CCC(C)C1. The van der Waals surface area contributed by atoms with Gasteiger partial charge in [-0.15, -0.1) is 6.58 Å². The molecule has 0 saturated carbocycles. The Balaban J connectivity index is 2.15. The summed E-state index contributed by atoms with van der Waals surface area (Å²) in [5.41, 5.74) is 2.90. The Labute approximate surface area is 158 Å². The molecule has 25 heavy (non-hydrogen) atoms. The lowest BCUT2D eigenvalue weighted by Gasteiger charge is -2.32. The van der Waals surface area contributed by atoms with Crippen LogP contribution in [0.4, 0.5) is 0 Å². The zero-order valence-electron chi connectivity index (χ0n) is 17.4. The lowest BCUT2D eigenvalue weighted by atomic mass is 9.78. The second-order valence-corrected chi connectivity index (χ2v) is 8.87. The van der Waals surface area contributed by atoms with Gasteiger partial charge >= 0.3 is 0 Å². The molecule has 0 aromatic heterocycles. The summed E-state index contributed by atoms with van der Waals surface area (Å²) in [4.78, 5) is 2.49. The van der Waals surface area contributed by atoms with E-state index in [1.807, 2.05) is 6.08 Å². The fraction of sp³-hybridized carbons (Fsp3) is 0.750. The molecule has 0 spiro atoms. The quantitative estimate of drug-likeness (QED) is 0.232. The van der Waals surface area contributed by atoms with Crippen molar-refractivity contribution in [2.75, 3.05) is 13.1 Å². The second kappa shape index (κ2) is 11.6. The van der Waals surface area contributed by atoms with Crippen molar-refractivity contribution in [1.82, 2.24) is 4.90 Å². The van der Waals surface area contributed by atoms with E-state index in [0.29, 0.717) is 0 Å². The van der Waals surface area contributed by atoms with Crippen molar-refractivity contribution in [3.8, 4) is 0 Å². The van der Waals surface area contributed by atoms with Gasteiger partial charge in [0, 0.05) is 18.8 Å². The van der Waals surface area contributed by atoms with E-state index in [4.69, 9.17) is 0 Å². The predicted molar refractivity (Wildman–Crippen MR) is 114 cm³/mol. The van der Waals surface area contributed by atoms with Crippen molar-refractivity contribution in [2.24, 2.45) is 11.3 Å². The molecule has 1 rings (SSSR count). The lowest BCUT2D eigenvalue weighted by molar-refractivity contribution is 0.331. The van der Waals surface area contributed by atoms with E-state index in [2.05, 4.69) is 45.4 Å². The van der Waals surface area contributed by atoms with Gasteiger partial charge < -0.3 is 4.90 Å². The topological polar surface area (TPSA) is 3.24 Å². The molecule has 0 N–H and O–H groups in total. The van der Waals surface area contributed by atoms with Crippen molar-refractivity contribution >= 4 is 0 Å². The van der Waals surface area contributed by atoms with E-state index in [9.17, 15) is 0 Å². The number of allylic oxidation sites excluding steroid dienone is 3. The Bertz CT molecular complexity index is 418. The van der Waals surface area contributed by atoms with Crippen molar-refractivity contribution in [3.63, 3.8) is 0 Å². The third-order valence-corrected chi connectivity index (χ3v) is 5.86. The van der Waals surface area contributed by atoms with E-state index >= 15 is 0 Å². The number of nitrogens with zero attached hydrogens (tertiary/aromatic N) is 1. The van der Waals surface area contributed by atoms with Crippen LogP contribution in [-0.4, -0.2) is 18.0 Å². The molecule has 0 aromatic carbocycles. The van der Waals surface area contributed by atoms with Crippen LogP contribution in [0.3, 0.4) is 0 Å². The summed E-state index contributed by atoms with van der Waals surface area (Å²) in [5.74, 6) is 0.819. The van der Waals surface area contributed by atoms with Gasteiger partial charge in [-0.2, -0.15) is 0 Å². The van der Waals surface area contributed by atoms with E-state index in [0.717, 1.165) is 12.3 Å². The average molecular weight is 346 g/mol. The van der Waals surface area contributed by atoms with Crippen LogP contribution < -0.4 is 0 Å². The van der Waals surface area contributed by atoms with Crippen molar-refractivity contribution < 1.29 is 0 Å². The van der Waals surface area contributed by atoms with Gasteiger partial charge in [0.25, 0.3) is 0 Å². The van der Waals surface area contributed by atoms with Crippen LogP contribution in [0, 0.1) is 11.3 Å². The monoisotopic (exact) mass is 345 g/mol. The minimum atomic E-state index is 0.174. The van der Waals surface area contributed by atoms with Crippen LogP contribution in [0.25, 0.3) is 0 Å². The highest BCUT2D eigenvalue weighted by Crippen LogP contribution is 2.37. The van der Waals surface area contributed by atoms with Crippen LogP contribution in [0.2, 0.25) is 0 Å². The maximum atomic E-state index is 4.42. The Morgan fingerprint density at radius 3 is 2.20 bits per heavy atom.